The molecule has 0 aliphatic carbocycles. The van der Waals surface area contributed by atoms with E-state index in [-0.39, 0.29) is 5.91 Å². The molecule has 5 rings (SSSR count). The van der Waals surface area contributed by atoms with Gasteiger partial charge in [0.25, 0.3) is 5.91 Å². The van der Waals surface area contributed by atoms with E-state index in [9.17, 15) is 4.79 Å². The Bertz CT molecular complexity index is 1300. The standard InChI is InChI=1S/C26H17BrN2O/c27-21-15-13-19(14-16-21)25-28-24(26(30)29(25)22-10-2-1-3-11-22)17-20-9-6-8-18-7-4-5-12-23(18)20/h1-17H/b24-17+. The van der Waals surface area contributed by atoms with Crippen molar-refractivity contribution in [3.8, 4) is 0 Å². The number of amides is 1. The minimum atomic E-state index is -0.132. The second-order valence-corrected chi connectivity index (χ2v) is 7.93. The van der Waals surface area contributed by atoms with Gasteiger partial charge in [-0.25, -0.2) is 4.99 Å². The van der Waals surface area contributed by atoms with E-state index in [1.807, 2.05) is 84.9 Å². The van der Waals surface area contributed by atoms with Crippen molar-refractivity contribution in [1.29, 1.82) is 0 Å². The topological polar surface area (TPSA) is 32.7 Å². The van der Waals surface area contributed by atoms with Crippen molar-refractivity contribution in [3.63, 3.8) is 0 Å². The SMILES string of the molecule is O=C1/C(=C\c2cccc3ccccc23)N=C(c2ccc(Br)cc2)N1c1ccccc1. The van der Waals surface area contributed by atoms with Gasteiger partial charge in [0.1, 0.15) is 11.5 Å². The average molecular weight is 453 g/mol. The van der Waals surface area contributed by atoms with Crippen LogP contribution in [0.25, 0.3) is 16.8 Å². The summed E-state index contributed by atoms with van der Waals surface area (Å²) in [4.78, 5) is 19.9. The van der Waals surface area contributed by atoms with Gasteiger partial charge < -0.3 is 0 Å². The molecular formula is C26H17BrN2O. The largest absolute Gasteiger partial charge is 0.282 e. The molecule has 0 N–H and O–H groups in total. The number of halogens is 1. The Kier molecular flexibility index (Phi) is 4.77. The molecule has 0 aromatic heterocycles. The third-order valence-corrected chi connectivity index (χ3v) is 5.62. The molecule has 0 fully saturated rings. The first-order valence-electron chi connectivity index (χ1n) is 9.64. The third-order valence-electron chi connectivity index (χ3n) is 5.09. The molecule has 144 valence electrons. The van der Waals surface area contributed by atoms with E-state index in [1.54, 1.807) is 4.90 Å². The van der Waals surface area contributed by atoms with Crippen LogP contribution < -0.4 is 4.90 Å². The van der Waals surface area contributed by atoms with Crippen molar-refractivity contribution in [2.45, 2.75) is 0 Å². The van der Waals surface area contributed by atoms with Crippen molar-refractivity contribution in [3.05, 3.63) is 118 Å². The van der Waals surface area contributed by atoms with E-state index in [4.69, 9.17) is 4.99 Å². The highest BCUT2D eigenvalue weighted by atomic mass is 79.9. The summed E-state index contributed by atoms with van der Waals surface area (Å²) in [6.07, 6.45) is 1.88. The van der Waals surface area contributed by atoms with Crippen LogP contribution >= 0.6 is 15.9 Å². The van der Waals surface area contributed by atoms with E-state index in [1.165, 1.54) is 0 Å². The summed E-state index contributed by atoms with van der Waals surface area (Å²) in [7, 11) is 0. The molecule has 0 radical (unpaired) electrons. The Morgan fingerprint density at radius 3 is 2.27 bits per heavy atom. The molecule has 1 amide bonds. The lowest BCUT2D eigenvalue weighted by Gasteiger charge is -2.18. The number of hydrogen-bond donors (Lipinski definition) is 0. The fraction of sp³-hybridized carbons (Fsp3) is 0. The van der Waals surface area contributed by atoms with Crippen molar-refractivity contribution < 1.29 is 4.79 Å². The molecule has 0 saturated heterocycles. The van der Waals surface area contributed by atoms with E-state index >= 15 is 0 Å². The zero-order valence-corrected chi connectivity index (χ0v) is 17.6. The van der Waals surface area contributed by atoms with Crippen LogP contribution in [-0.2, 0) is 4.79 Å². The molecule has 0 bridgehead atoms. The van der Waals surface area contributed by atoms with Crippen LogP contribution in [0.4, 0.5) is 5.69 Å². The van der Waals surface area contributed by atoms with Crippen molar-refractivity contribution in [1.82, 2.24) is 0 Å². The molecule has 4 heteroatoms. The molecule has 4 aromatic carbocycles. The molecule has 0 saturated carbocycles. The highest BCUT2D eigenvalue weighted by Crippen LogP contribution is 2.29. The fourth-order valence-electron chi connectivity index (χ4n) is 3.65. The lowest BCUT2D eigenvalue weighted by Crippen LogP contribution is -2.32. The van der Waals surface area contributed by atoms with Crippen molar-refractivity contribution >= 4 is 50.2 Å². The number of carbonyl (C=O) groups is 1. The van der Waals surface area contributed by atoms with Gasteiger partial charge in [-0.05, 0) is 46.7 Å². The molecule has 30 heavy (non-hydrogen) atoms. The Hall–Kier alpha value is -3.50. The third kappa shape index (κ3) is 3.36. The summed E-state index contributed by atoms with van der Waals surface area (Å²) in [6, 6.07) is 31.7. The Labute approximate surface area is 183 Å². The zero-order valence-electron chi connectivity index (χ0n) is 16.0. The summed E-state index contributed by atoms with van der Waals surface area (Å²) >= 11 is 3.47. The van der Waals surface area contributed by atoms with Crippen molar-refractivity contribution in [2.75, 3.05) is 4.90 Å². The molecule has 1 aliphatic heterocycles. The van der Waals surface area contributed by atoms with Gasteiger partial charge in [0.05, 0.1) is 5.69 Å². The monoisotopic (exact) mass is 452 g/mol. The van der Waals surface area contributed by atoms with Gasteiger partial charge in [0, 0.05) is 10.0 Å². The second kappa shape index (κ2) is 7.73. The smallest absolute Gasteiger partial charge is 0.266 e. The lowest BCUT2D eigenvalue weighted by atomic mass is 10.0. The number of carbonyl (C=O) groups excluding carboxylic acids is 1. The van der Waals surface area contributed by atoms with E-state index < -0.39 is 0 Å². The molecule has 0 unspecified atom stereocenters. The number of para-hydroxylation sites is 1. The molecule has 4 aromatic rings. The van der Waals surface area contributed by atoms with E-state index in [0.717, 1.165) is 32.1 Å². The Morgan fingerprint density at radius 1 is 0.767 bits per heavy atom. The van der Waals surface area contributed by atoms with Gasteiger partial charge in [-0.3, -0.25) is 9.69 Å². The maximum absolute atomic E-state index is 13.4. The van der Waals surface area contributed by atoms with Crippen LogP contribution in [-0.4, -0.2) is 11.7 Å². The van der Waals surface area contributed by atoms with Crippen LogP contribution in [0.15, 0.2) is 112 Å². The minimum Gasteiger partial charge on any atom is -0.266 e. The summed E-state index contributed by atoms with van der Waals surface area (Å²) in [5.74, 6) is 0.497. The van der Waals surface area contributed by atoms with Gasteiger partial charge in [-0.2, -0.15) is 0 Å². The normalized spacial score (nSPS) is 15.1. The van der Waals surface area contributed by atoms with Gasteiger partial charge >= 0.3 is 0 Å². The number of hydrogen-bond acceptors (Lipinski definition) is 2. The average Bonchev–Trinajstić information content (AvgIpc) is 3.11. The highest BCUT2D eigenvalue weighted by molar-refractivity contribution is 9.10. The number of amidine groups is 1. The molecule has 0 spiro atoms. The van der Waals surface area contributed by atoms with Gasteiger partial charge in [-0.1, -0.05) is 88.7 Å². The first-order valence-corrected chi connectivity index (χ1v) is 10.4. The fourth-order valence-corrected chi connectivity index (χ4v) is 3.91. The van der Waals surface area contributed by atoms with Gasteiger partial charge in [0.15, 0.2) is 0 Å². The summed E-state index contributed by atoms with van der Waals surface area (Å²) in [5.41, 5.74) is 3.08. The zero-order chi connectivity index (χ0) is 20.5. The first-order chi connectivity index (χ1) is 14.7. The van der Waals surface area contributed by atoms with Crippen LogP contribution in [0.1, 0.15) is 11.1 Å². The van der Waals surface area contributed by atoms with Crippen LogP contribution in [0, 0.1) is 0 Å². The number of rotatable bonds is 3. The summed E-state index contributed by atoms with van der Waals surface area (Å²) < 4.78 is 0.981. The first kappa shape index (κ1) is 18.5. The summed E-state index contributed by atoms with van der Waals surface area (Å²) in [5, 5.41) is 2.23. The number of aliphatic imine (C=N–C) groups is 1. The predicted molar refractivity (Wildman–Crippen MR) is 127 cm³/mol. The number of benzene rings is 4. The molecule has 3 nitrogen and oxygen atoms in total. The van der Waals surface area contributed by atoms with Crippen LogP contribution in [0.3, 0.4) is 0 Å². The van der Waals surface area contributed by atoms with E-state index in [0.29, 0.717) is 11.5 Å². The molecule has 1 aliphatic rings. The molecule has 1 heterocycles. The van der Waals surface area contributed by atoms with Gasteiger partial charge in [-0.15, -0.1) is 0 Å². The highest BCUT2D eigenvalue weighted by Gasteiger charge is 2.32. The number of fused-ring (bicyclic) bond motifs is 1. The lowest BCUT2D eigenvalue weighted by molar-refractivity contribution is -0.113. The number of anilines is 1. The predicted octanol–water partition coefficient (Wildman–Crippen LogP) is 6.44. The Balaban J connectivity index is 1.66. The maximum Gasteiger partial charge on any atom is 0.282 e. The van der Waals surface area contributed by atoms with Gasteiger partial charge in [0.2, 0.25) is 0 Å². The summed E-state index contributed by atoms with van der Waals surface area (Å²) in [6.45, 7) is 0. The molecule has 0 atom stereocenters. The number of nitrogens with zero attached hydrogens (tertiary/aromatic N) is 2. The molecular weight excluding hydrogens is 436 g/mol. The van der Waals surface area contributed by atoms with E-state index in [2.05, 4.69) is 34.1 Å². The second-order valence-electron chi connectivity index (χ2n) is 7.02. The quantitative estimate of drug-likeness (QED) is 0.329. The van der Waals surface area contributed by atoms with Crippen LogP contribution in [0.2, 0.25) is 0 Å². The maximum atomic E-state index is 13.4. The van der Waals surface area contributed by atoms with Crippen molar-refractivity contribution in [2.24, 2.45) is 4.99 Å². The minimum absolute atomic E-state index is 0.132. The Morgan fingerprint density at radius 2 is 1.47 bits per heavy atom. The van der Waals surface area contributed by atoms with Crippen LogP contribution in [0.5, 0.6) is 0 Å².